The van der Waals surface area contributed by atoms with Crippen molar-refractivity contribution in [2.75, 3.05) is 0 Å². The molecular formula is C9H13BrN2S. The molecule has 2 atom stereocenters. The zero-order valence-electron chi connectivity index (χ0n) is 7.66. The van der Waals surface area contributed by atoms with E-state index in [1.807, 2.05) is 6.92 Å². The fraction of sp³-hybridized carbons (Fsp3) is 0.778. The van der Waals surface area contributed by atoms with Gasteiger partial charge in [0.15, 0.2) is 0 Å². The van der Waals surface area contributed by atoms with Crippen molar-refractivity contribution in [2.45, 2.75) is 37.4 Å². The molecule has 0 radical (unpaired) electrons. The van der Waals surface area contributed by atoms with E-state index >= 15 is 0 Å². The molecule has 72 valence electrons. The highest BCUT2D eigenvalue weighted by molar-refractivity contribution is 9.09. The predicted molar refractivity (Wildman–Crippen MR) is 58.4 cm³/mol. The summed E-state index contributed by atoms with van der Waals surface area (Å²) >= 11 is 5.40. The van der Waals surface area contributed by atoms with Crippen molar-refractivity contribution in [1.82, 2.24) is 10.2 Å². The van der Waals surface area contributed by atoms with Crippen LogP contribution >= 0.6 is 27.3 Å². The Balaban J connectivity index is 1.91. The Kier molecular flexibility index (Phi) is 2.99. The van der Waals surface area contributed by atoms with Crippen LogP contribution < -0.4 is 0 Å². The normalized spacial score (nSPS) is 28.2. The third-order valence-corrected chi connectivity index (χ3v) is 4.20. The van der Waals surface area contributed by atoms with Gasteiger partial charge in [-0.05, 0) is 32.1 Å². The van der Waals surface area contributed by atoms with E-state index in [-0.39, 0.29) is 0 Å². The highest BCUT2D eigenvalue weighted by Crippen LogP contribution is 2.33. The number of hydrogen-bond acceptors (Lipinski definition) is 3. The van der Waals surface area contributed by atoms with Gasteiger partial charge in [0.2, 0.25) is 0 Å². The number of alkyl halides is 1. The molecule has 2 rings (SSSR count). The van der Waals surface area contributed by atoms with Gasteiger partial charge in [-0.3, -0.25) is 0 Å². The first-order valence-electron chi connectivity index (χ1n) is 4.67. The molecule has 1 aliphatic rings. The van der Waals surface area contributed by atoms with Gasteiger partial charge in [-0.15, -0.1) is 21.5 Å². The minimum Gasteiger partial charge on any atom is -0.144 e. The highest BCUT2D eigenvalue weighted by atomic mass is 79.9. The van der Waals surface area contributed by atoms with E-state index in [1.54, 1.807) is 11.3 Å². The van der Waals surface area contributed by atoms with E-state index in [4.69, 9.17) is 0 Å². The lowest BCUT2D eigenvalue weighted by Gasteiger charge is -2.04. The molecule has 2 nitrogen and oxygen atoms in total. The van der Waals surface area contributed by atoms with Crippen LogP contribution in [0.5, 0.6) is 0 Å². The van der Waals surface area contributed by atoms with Crippen LogP contribution in [0.25, 0.3) is 0 Å². The van der Waals surface area contributed by atoms with Gasteiger partial charge in [0.1, 0.15) is 10.0 Å². The molecule has 4 heteroatoms. The Labute approximate surface area is 90.9 Å². The van der Waals surface area contributed by atoms with Crippen LogP contribution in [0.15, 0.2) is 0 Å². The molecule has 0 bridgehead atoms. The van der Waals surface area contributed by atoms with Gasteiger partial charge in [0.05, 0.1) is 0 Å². The number of aryl methyl sites for hydroxylation is 1. The lowest BCUT2D eigenvalue weighted by Crippen LogP contribution is -1.99. The molecule has 1 heterocycles. The lowest BCUT2D eigenvalue weighted by atomic mass is 10.1. The van der Waals surface area contributed by atoms with Crippen molar-refractivity contribution in [3.63, 3.8) is 0 Å². The quantitative estimate of drug-likeness (QED) is 0.765. The second-order valence-electron chi connectivity index (χ2n) is 3.70. The summed E-state index contributed by atoms with van der Waals surface area (Å²) in [7, 11) is 0. The number of nitrogens with zero attached hydrogens (tertiary/aromatic N) is 2. The number of aromatic nitrogens is 2. The Bertz CT molecular complexity index is 287. The number of halogens is 1. The summed E-state index contributed by atoms with van der Waals surface area (Å²) in [6.45, 7) is 2.02. The molecule has 0 aromatic carbocycles. The van der Waals surface area contributed by atoms with Crippen LogP contribution in [-0.2, 0) is 6.42 Å². The smallest absolute Gasteiger partial charge is 0.117 e. The summed E-state index contributed by atoms with van der Waals surface area (Å²) in [6, 6.07) is 0. The number of rotatable bonds is 2. The molecular weight excluding hydrogens is 248 g/mol. The molecule has 1 aromatic rings. The fourth-order valence-electron chi connectivity index (χ4n) is 1.87. The Morgan fingerprint density at radius 2 is 2.31 bits per heavy atom. The summed E-state index contributed by atoms with van der Waals surface area (Å²) in [5.41, 5.74) is 0. The minimum atomic E-state index is 0.742. The van der Waals surface area contributed by atoms with Crippen LogP contribution in [0, 0.1) is 12.8 Å². The van der Waals surface area contributed by atoms with Gasteiger partial charge in [0.25, 0.3) is 0 Å². The SMILES string of the molecule is Cc1nnc(CC2CCC(Br)C2)s1. The van der Waals surface area contributed by atoms with Crippen LogP contribution in [0.4, 0.5) is 0 Å². The van der Waals surface area contributed by atoms with Gasteiger partial charge in [-0.2, -0.15) is 0 Å². The van der Waals surface area contributed by atoms with E-state index < -0.39 is 0 Å². The summed E-state index contributed by atoms with van der Waals surface area (Å²) in [5.74, 6) is 0.830. The number of hydrogen-bond donors (Lipinski definition) is 0. The maximum atomic E-state index is 4.16. The first-order chi connectivity index (χ1) is 6.24. The second kappa shape index (κ2) is 4.05. The third-order valence-electron chi connectivity index (χ3n) is 2.51. The Morgan fingerprint density at radius 1 is 1.46 bits per heavy atom. The monoisotopic (exact) mass is 260 g/mol. The molecule has 0 aliphatic heterocycles. The highest BCUT2D eigenvalue weighted by Gasteiger charge is 2.23. The molecule has 1 saturated carbocycles. The summed E-state index contributed by atoms with van der Waals surface area (Å²) < 4.78 is 0. The molecule has 0 saturated heterocycles. The molecule has 13 heavy (non-hydrogen) atoms. The van der Waals surface area contributed by atoms with Crippen LogP contribution in [-0.4, -0.2) is 15.0 Å². The van der Waals surface area contributed by atoms with Crippen LogP contribution in [0.3, 0.4) is 0 Å². The van der Waals surface area contributed by atoms with Gasteiger partial charge in [-0.25, -0.2) is 0 Å². The van der Waals surface area contributed by atoms with E-state index in [9.17, 15) is 0 Å². The van der Waals surface area contributed by atoms with Crippen LogP contribution in [0.1, 0.15) is 29.3 Å². The second-order valence-corrected chi connectivity index (χ2v) is 6.26. The third kappa shape index (κ3) is 2.50. The van der Waals surface area contributed by atoms with E-state index in [0.29, 0.717) is 0 Å². The first-order valence-corrected chi connectivity index (χ1v) is 6.40. The van der Waals surface area contributed by atoms with Crippen molar-refractivity contribution < 1.29 is 0 Å². The molecule has 0 spiro atoms. The maximum absolute atomic E-state index is 4.16. The molecule has 1 aromatic heterocycles. The topological polar surface area (TPSA) is 25.8 Å². The molecule has 2 unspecified atom stereocenters. The Hall–Kier alpha value is 0.0400. The largest absolute Gasteiger partial charge is 0.144 e. The lowest BCUT2D eigenvalue weighted by molar-refractivity contribution is 0.544. The maximum Gasteiger partial charge on any atom is 0.117 e. The molecule has 0 N–H and O–H groups in total. The summed E-state index contributed by atoms with van der Waals surface area (Å²) in [5, 5.41) is 10.5. The summed E-state index contributed by atoms with van der Waals surface area (Å²) in [6.07, 6.45) is 5.10. The fourth-order valence-corrected chi connectivity index (χ4v) is 3.48. The zero-order valence-corrected chi connectivity index (χ0v) is 10.1. The van der Waals surface area contributed by atoms with E-state index in [2.05, 4.69) is 26.1 Å². The van der Waals surface area contributed by atoms with Gasteiger partial charge >= 0.3 is 0 Å². The molecule has 1 aliphatic carbocycles. The van der Waals surface area contributed by atoms with Crippen molar-refractivity contribution in [3.05, 3.63) is 10.0 Å². The average molecular weight is 261 g/mol. The standard InChI is InChI=1S/C9H13BrN2S/c1-6-11-12-9(13-6)5-7-2-3-8(10)4-7/h7-8H,2-5H2,1H3. The Morgan fingerprint density at radius 3 is 2.85 bits per heavy atom. The zero-order chi connectivity index (χ0) is 9.26. The van der Waals surface area contributed by atoms with Crippen molar-refractivity contribution in [1.29, 1.82) is 0 Å². The van der Waals surface area contributed by atoms with Gasteiger partial charge < -0.3 is 0 Å². The summed E-state index contributed by atoms with van der Waals surface area (Å²) in [4.78, 5) is 0.742. The van der Waals surface area contributed by atoms with Crippen LogP contribution in [0.2, 0.25) is 0 Å². The van der Waals surface area contributed by atoms with Gasteiger partial charge in [0, 0.05) is 11.2 Å². The van der Waals surface area contributed by atoms with E-state index in [1.165, 1.54) is 24.3 Å². The van der Waals surface area contributed by atoms with E-state index in [0.717, 1.165) is 22.2 Å². The average Bonchev–Trinajstić information content (AvgIpc) is 2.62. The van der Waals surface area contributed by atoms with Crippen molar-refractivity contribution in [3.8, 4) is 0 Å². The minimum absolute atomic E-state index is 0.742. The molecule has 1 fully saturated rings. The van der Waals surface area contributed by atoms with Gasteiger partial charge in [-0.1, -0.05) is 15.9 Å². The predicted octanol–water partition coefficient (Wildman–Crippen LogP) is 2.95. The van der Waals surface area contributed by atoms with Crippen molar-refractivity contribution >= 4 is 27.3 Å². The van der Waals surface area contributed by atoms with Crippen molar-refractivity contribution in [2.24, 2.45) is 5.92 Å². The first kappa shape index (κ1) is 9.59. The molecule has 0 amide bonds.